The highest BCUT2D eigenvalue weighted by atomic mass is 16.1. The molecule has 1 heterocycles. The van der Waals surface area contributed by atoms with Gasteiger partial charge in [-0.2, -0.15) is 0 Å². The fraction of sp³-hybridized carbons (Fsp3) is 0.214. The van der Waals surface area contributed by atoms with Crippen molar-refractivity contribution in [3.63, 3.8) is 0 Å². The molecule has 1 aromatic heterocycles. The predicted octanol–water partition coefficient (Wildman–Crippen LogP) is 2.88. The number of aryl methyl sites for hydroxylation is 3. The summed E-state index contributed by atoms with van der Waals surface area (Å²) in [6, 6.07) is 6.15. The zero-order valence-electron chi connectivity index (χ0n) is 10.2. The Morgan fingerprint density at radius 1 is 1.06 bits per heavy atom. The van der Waals surface area contributed by atoms with E-state index in [4.69, 9.17) is 0 Å². The summed E-state index contributed by atoms with van der Waals surface area (Å²) in [5, 5.41) is 0. The maximum atomic E-state index is 11.0. The van der Waals surface area contributed by atoms with Crippen LogP contribution < -0.4 is 0 Å². The first-order chi connectivity index (χ1) is 8.10. The highest BCUT2D eigenvalue weighted by Gasteiger charge is 2.08. The van der Waals surface area contributed by atoms with Gasteiger partial charge in [-0.15, -0.1) is 0 Å². The molecule has 0 fully saturated rings. The molecule has 0 N–H and O–H groups in total. The monoisotopic (exact) mass is 226 g/mol. The summed E-state index contributed by atoms with van der Waals surface area (Å²) in [5.74, 6) is 0.671. The molecule has 0 atom stereocenters. The molecule has 0 aliphatic rings. The molecule has 0 aliphatic carbocycles. The van der Waals surface area contributed by atoms with E-state index in [1.54, 1.807) is 6.20 Å². The third-order valence-corrected chi connectivity index (χ3v) is 2.56. The largest absolute Gasteiger partial charge is 0.298 e. The Morgan fingerprint density at radius 2 is 1.71 bits per heavy atom. The summed E-state index contributed by atoms with van der Waals surface area (Å²) in [5.41, 5.74) is 4.52. The smallest absolute Gasteiger partial charge is 0.153 e. The average molecular weight is 226 g/mol. The van der Waals surface area contributed by atoms with Crippen LogP contribution in [0.25, 0.3) is 11.3 Å². The second-order valence-electron chi connectivity index (χ2n) is 4.22. The number of benzene rings is 1. The van der Waals surface area contributed by atoms with Gasteiger partial charge in [0, 0.05) is 11.8 Å². The minimum absolute atomic E-state index is 0.528. The van der Waals surface area contributed by atoms with Gasteiger partial charge >= 0.3 is 0 Å². The van der Waals surface area contributed by atoms with Crippen LogP contribution in [0.1, 0.15) is 27.3 Å². The van der Waals surface area contributed by atoms with Crippen LogP contribution in [0.4, 0.5) is 0 Å². The number of carbonyl (C=O) groups excluding carboxylic acids is 1. The zero-order valence-corrected chi connectivity index (χ0v) is 10.2. The Balaban J connectivity index is 2.66. The Labute approximate surface area is 101 Å². The minimum atomic E-state index is 0.528. The molecule has 0 amide bonds. The molecule has 0 bridgehead atoms. The third kappa shape index (κ3) is 2.38. The number of rotatable bonds is 2. The first kappa shape index (κ1) is 11.5. The lowest BCUT2D eigenvalue weighted by molar-refractivity contribution is 0.112. The molecule has 0 unspecified atom stereocenters. The highest BCUT2D eigenvalue weighted by molar-refractivity contribution is 5.85. The quantitative estimate of drug-likeness (QED) is 0.739. The topological polar surface area (TPSA) is 42.9 Å². The van der Waals surface area contributed by atoms with Crippen molar-refractivity contribution in [3.8, 4) is 11.3 Å². The van der Waals surface area contributed by atoms with Gasteiger partial charge in [0.1, 0.15) is 5.82 Å². The molecule has 17 heavy (non-hydrogen) atoms. The molecule has 1 aromatic carbocycles. The van der Waals surface area contributed by atoms with Crippen molar-refractivity contribution >= 4 is 6.29 Å². The van der Waals surface area contributed by atoms with Crippen molar-refractivity contribution in [2.24, 2.45) is 0 Å². The molecule has 0 radical (unpaired) electrons. The highest BCUT2D eigenvalue weighted by Crippen LogP contribution is 2.22. The lowest BCUT2D eigenvalue weighted by Crippen LogP contribution is -1.97. The van der Waals surface area contributed by atoms with Crippen molar-refractivity contribution < 1.29 is 4.79 Å². The summed E-state index contributed by atoms with van der Waals surface area (Å²) < 4.78 is 0. The van der Waals surface area contributed by atoms with Gasteiger partial charge in [-0.05, 0) is 32.9 Å². The number of hydrogen-bond acceptors (Lipinski definition) is 3. The summed E-state index contributed by atoms with van der Waals surface area (Å²) in [7, 11) is 0. The van der Waals surface area contributed by atoms with Crippen LogP contribution in [0.2, 0.25) is 0 Å². The van der Waals surface area contributed by atoms with E-state index in [9.17, 15) is 4.79 Å². The Morgan fingerprint density at radius 3 is 2.29 bits per heavy atom. The zero-order chi connectivity index (χ0) is 12.4. The molecule has 0 aliphatic heterocycles. The molecule has 3 heteroatoms. The van der Waals surface area contributed by atoms with Crippen molar-refractivity contribution in [1.29, 1.82) is 0 Å². The van der Waals surface area contributed by atoms with Gasteiger partial charge in [-0.3, -0.25) is 4.79 Å². The van der Waals surface area contributed by atoms with Crippen molar-refractivity contribution in [1.82, 2.24) is 9.97 Å². The number of aldehydes is 1. The van der Waals surface area contributed by atoms with E-state index in [-0.39, 0.29) is 0 Å². The molecule has 0 spiro atoms. The maximum Gasteiger partial charge on any atom is 0.153 e. The van der Waals surface area contributed by atoms with Crippen LogP contribution in [-0.2, 0) is 0 Å². The maximum absolute atomic E-state index is 11.0. The van der Waals surface area contributed by atoms with Crippen LogP contribution in [-0.4, -0.2) is 16.3 Å². The van der Waals surface area contributed by atoms with E-state index in [0.717, 1.165) is 23.0 Å². The molecule has 2 rings (SSSR count). The Bertz CT molecular complexity index is 556. The number of hydrogen-bond donors (Lipinski definition) is 0. The molecule has 86 valence electrons. The lowest BCUT2D eigenvalue weighted by Gasteiger charge is -2.07. The van der Waals surface area contributed by atoms with E-state index in [1.165, 1.54) is 0 Å². The van der Waals surface area contributed by atoms with Crippen LogP contribution in [0.5, 0.6) is 0 Å². The van der Waals surface area contributed by atoms with Crippen molar-refractivity contribution in [2.75, 3.05) is 0 Å². The van der Waals surface area contributed by atoms with Crippen LogP contribution in [0.15, 0.2) is 24.4 Å². The van der Waals surface area contributed by atoms with Gasteiger partial charge in [-0.25, -0.2) is 9.97 Å². The van der Waals surface area contributed by atoms with Gasteiger partial charge in [-0.1, -0.05) is 17.2 Å². The standard InChI is InChI=1S/C14H14N2O/c1-9-4-10(2)6-12(5-9)14-13(8-17)7-15-11(3)16-14/h4-8H,1-3H3. The summed E-state index contributed by atoms with van der Waals surface area (Å²) >= 11 is 0. The second-order valence-corrected chi connectivity index (χ2v) is 4.22. The van der Waals surface area contributed by atoms with Gasteiger partial charge in [0.05, 0.1) is 11.3 Å². The third-order valence-electron chi connectivity index (χ3n) is 2.56. The van der Waals surface area contributed by atoms with Crippen LogP contribution >= 0.6 is 0 Å². The average Bonchev–Trinajstić information content (AvgIpc) is 2.27. The van der Waals surface area contributed by atoms with Crippen molar-refractivity contribution in [3.05, 3.63) is 46.9 Å². The van der Waals surface area contributed by atoms with Gasteiger partial charge in [0.2, 0.25) is 0 Å². The Hall–Kier alpha value is -2.03. The molecular formula is C14H14N2O. The fourth-order valence-corrected chi connectivity index (χ4v) is 1.91. The molecule has 3 nitrogen and oxygen atoms in total. The number of carbonyl (C=O) groups is 1. The first-order valence-corrected chi connectivity index (χ1v) is 5.47. The lowest BCUT2D eigenvalue weighted by atomic mass is 10.0. The van der Waals surface area contributed by atoms with E-state index in [1.807, 2.05) is 32.9 Å². The van der Waals surface area contributed by atoms with Gasteiger partial charge in [0.15, 0.2) is 6.29 Å². The summed E-state index contributed by atoms with van der Waals surface area (Å²) in [6.45, 7) is 5.89. The Kier molecular flexibility index (Phi) is 3.00. The number of aromatic nitrogens is 2. The molecular weight excluding hydrogens is 212 g/mol. The van der Waals surface area contributed by atoms with E-state index < -0.39 is 0 Å². The fourth-order valence-electron chi connectivity index (χ4n) is 1.91. The summed E-state index contributed by atoms with van der Waals surface area (Å²) in [4.78, 5) is 19.4. The minimum Gasteiger partial charge on any atom is -0.298 e. The second kappa shape index (κ2) is 4.45. The van der Waals surface area contributed by atoms with Gasteiger partial charge < -0.3 is 0 Å². The molecule has 0 saturated heterocycles. The first-order valence-electron chi connectivity index (χ1n) is 5.47. The van der Waals surface area contributed by atoms with Crippen molar-refractivity contribution in [2.45, 2.75) is 20.8 Å². The molecule has 0 saturated carbocycles. The van der Waals surface area contributed by atoms with E-state index >= 15 is 0 Å². The predicted molar refractivity (Wildman–Crippen MR) is 67.1 cm³/mol. The molecule has 2 aromatic rings. The number of nitrogens with zero attached hydrogens (tertiary/aromatic N) is 2. The van der Waals surface area contributed by atoms with E-state index in [2.05, 4.69) is 16.0 Å². The van der Waals surface area contributed by atoms with Gasteiger partial charge in [0.25, 0.3) is 0 Å². The van der Waals surface area contributed by atoms with E-state index in [0.29, 0.717) is 17.1 Å². The summed E-state index contributed by atoms with van der Waals surface area (Å²) in [6.07, 6.45) is 2.37. The normalized spacial score (nSPS) is 10.3. The van der Waals surface area contributed by atoms with Crippen LogP contribution in [0.3, 0.4) is 0 Å². The SMILES string of the molecule is Cc1cc(C)cc(-c2nc(C)ncc2C=O)c1. The van der Waals surface area contributed by atoms with Crippen LogP contribution in [0, 0.1) is 20.8 Å².